The zero-order valence-corrected chi connectivity index (χ0v) is 36.3. The molecule has 0 aliphatic rings. The van der Waals surface area contributed by atoms with Gasteiger partial charge in [0, 0.05) is 56.0 Å². The summed E-state index contributed by atoms with van der Waals surface area (Å²) in [4.78, 5) is 9.27. The Morgan fingerprint density at radius 2 is 0.635 bits per heavy atom. The van der Waals surface area contributed by atoms with E-state index in [4.69, 9.17) is 0 Å². The number of rotatable bonds is 6. The van der Waals surface area contributed by atoms with E-state index in [2.05, 4.69) is 201 Å². The van der Waals surface area contributed by atoms with Crippen molar-refractivity contribution in [3.63, 3.8) is 0 Å². The van der Waals surface area contributed by atoms with Crippen LogP contribution in [0.5, 0.6) is 0 Å². The standard InChI is InChI=1S/2C29H19N2.Pt/c2*1-2-10-21(11-3-1)22-17-18-25(26-14-8-9-19-30-26)29(20-22)31-27-15-6-4-12-23(27)24-13-5-7-16-28(24)31;/h2*1-17,19-20H;/q2*-1;+2. The fourth-order valence-corrected chi connectivity index (χ4v) is 8.71. The van der Waals surface area contributed by atoms with E-state index in [0.717, 1.165) is 45.0 Å². The van der Waals surface area contributed by atoms with Gasteiger partial charge in [0.2, 0.25) is 0 Å². The third-order valence-corrected chi connectivity index (χ3v) is 11.5. The van der Waals surface area contributed by atoms with Crippen LogP contribution in [0.4, 0.5) is 0 Å². The Morgan fingerprint density at radius 1 is 0.317 bits per heavy atom. The number of benzene rings is 8. The largest absolute Gasteiger partial charge is 2.00 e. The minimum Gasteiger partial charge on any atom is -0.351 e. The zero-order valence-electron chi connectivity index (χ0n) is 34.0. The number of hydrogen-bond donors (Lipinski definition) is 0. The molecule has 0 atom stereocenters. The SMILES string of the molecule is [Pt+2].[c-]1cc(-c2ccccc2)cc(-n2c3ccccc3c3ccccc32)c1-c1ccccn1.[c-]1cc(-c2ccccc2)cc(-n2c3ccccc3c3ccccc32)c1-c1ccccn1. The molecule has 300 valence electrons. The Bertz CT molecular complexity index is 3160. The van der Waals surface area contributed by atoms with Crippen molar-refractivity contribution in [2.75, 3.05) is 0 Å². The van der Waals surface area contributed by atoms with Crippen LogP contribution in [-0.4, -0.2) is 19.1 Å². The maximum absolute atomic E-state index is 4.64. The van der Waals surface area contributed by atoms with Crippen LogP contribution in [-0.2, 0) is 21.1 Å². The van der Waals surface area contributed by atoms with Crippen LogP contribution in [0, 0.1) is 12.1 Å². The number of aromatic nitrogens is 4. The second kappa shape index (κ2) is 17.4. The van der Waals surface area contributed by atoms with E-state index in [1.165, 1.54) is 54.7 Å². The van der Waals surface area contributed by atoms with E-state index in [1.54, 1.807) is 0 Å². The van der Waals surface area contributed by atoms with E-state index < -0.39 is 0 Å². The van der Waals surface area contributed by atoms with Crippen LogP contribution in [0.2, 0.25) is 0 Å². The Labute approximate surface area is 380 Å². The van der Waals surface area contributed by atoms with Gasteiger partial charge in [0.1, 0.15) is 0 Å². The average Bonchev–Trinajstić information content (AvgIpc) is 3.88. The molecule has 12 aromatic rings. The molecule has 4 aromatic heterocycles. The summed E-state index contributed by atoms with van der Waals surface area (Å²) in [7, 11) is 0. The summed E-state index contributed by atoms with van der Waals surface area (Å²) in [6.07, 6.45) is 3.67. The molecule has 0 saturated carbocycles. The molecule has 4 nitrogen and oxygen atoms in total. The summed E-state index contributed by atoms with van der Waals surface area (Å²) in [6.45, 7) is 0. The molecule has 63 heavy (non-hydrogen) atoms. The predicted octanol–water partition coefficient (Wildman–Crippen LogP) is 14.6. The van der Waals surface area contributed by atoms with Gasteiger partial charge in [-0.15, -0.1) is 47.5 Å². The van der Waals surface area contributed by atoms with Gasteiger partial charge in [-0.05, 0) is 59.2 Å². The van der Waals surface area contributed by atoms with Crippen molar-refractivity contribution in [1.29, 1.82) is 0 Å². The van der Waals surface area contributed by atoms with E-state index >= 15 is 0 Å². The van der Waals surface area contributed by atoms with Gasteiger partial charge in [-0.25, -0.2) is 0 Å². The minimum atomic E-state index is 0. The molecular weight excluding hydrogens is 948 g/mol. The molecule has 0 saturated heterocycles. The molecule has 0 fully saturated rings. The average molecular weight is 986 g/mol. The first-order valence-corrected chi connectivity index (χ1v) is 20.8. The van der Waals surface area contributed by atoms with Gasteiger partial charge in [-0.2, -0.15) is 0 Å². The summed E-state index contributed by atoms with van der Waals surface area (Å²) >= 11 is 0. The van der Waals surface area contributed by atoms with Gasteiger partial charge in [-0.3, -0.25) is 0 Å². The molecule has 0 bridgehead atoms. The monoisotopic (exact) mass is 985 g/mol. The maximum atomic E-state index is 4.64. The molecule has 0 unspecified atom stereocenters. The van der Waals surface area contributed by atoms with E-state index in [0.29, 0.717) is 0 Å². The van der Waals surface area contributed by atoms with E-state index in [-0.39, 0.29) is 21.1 Å². The topological polar surface area (TPSA) is 35.6 Å². The summed E-state index contributed by atoms with van der Waals surface area (Å²) in [5, 5.41) is 4.98. The number of pyridine rings is 2. The van der Waals surface area contributed by atoms with Gasteiger partial charge in [0.05, 0.1) is 0 Å². The van der Waals surface area contributed by atoms with E-state index in [1.807, 2.05) is 60.9 Å². The van der Waals surface area contributed by atoms with Crippen LogP contribution in [0.3, 0.4) is 0 Å². The second-order valence-corrected chi connectivity index (χ2v) is 15.2. The van der Waals surface area contributed by atoms with Gasteiger partial charge in [0.25, 0.3) is 0 Å². The van der Waals surface area contributed by atoms with Gasteiger partial charge < -0.3 is 19.1 Å². The van der Waals surface area contributed by atoms with Crippen LogP contribution < -0.4 is 0 Å². The Kier molecular flexibility index (Phi) is 10.9. The predicted molar refractivity (Wildman–Crippen MR) is 257 cm³/mol. The van der Waals surface area contributed by atoms with Crippen molar-refractivity contribution in [1.82, 2.24) is 19.1 Å². The van der Waals surface area contributed by atoms with Crippen LogP contribution >= 0.6 is 0 Å². The van der Waals surface area contributed by atoms with Crippen molar-refractivity contribution in [2.45, 2.75) is 0 Å². The molecule has 4 heterocycles. The molecule has 5 heteroatoms. The molecule has 0 aliphatic heterocycles. The van der Waals surface area contributed by atoms with Gasteiger partial charge in [0.15, 0.2) is 0 Å². The molecule has 0 spiro atoms. The van der Waals surface area contributed by atoms with Crippen molar-refractivity contribution in [3.8, 4) is 56.1 Å². The number of hydrogen-bond acceptors (Lipinski definition) is 2. The first kappa shape index (κ1) is 39.5. The Hall–Kier alpha value is -7.65. The summed E-state index contributed by atoms with van der Waals surface area (Å²) in [5.74, 6) is 0. The van der Waals surface area contributed by atoms with Gasteiger partial charge in [-0.1, -0.05) is 180 Å². The fraction of sp³-hybridized carbons (Fsp3) is 0. The Morgan fingerprint density at radius 3 is 0.968 bits per heavy atom. The third-order valence-electron chi connectivity index (χ3n) is 11.5. The van der Waals surface area contributed by atoms with Crippen molar-refractivity contribution in [2.24, 2.45) is 0 Å². The molecule has 0 N–H and O–H groups in total. The molecule has 12 rings (SSSR count). The van der Waals surface area contributed by atoms with Gasteiger partial charge >= 0.3 is 21.1 Å². The van der Waals surface area contributed by atoms with E-state index in [9.17, 15) is 0 Å². The first-order valence-electron chi connectivity index (χ1n) is 20.8. The minimum absolute atomic E-state index is 0. The molecular formula is C58H38N4Pt. The number of fused-ring (bicyclic) bond motifs is 6. The van der Waals surface area contributed by atoms with Crippen LogP contribution in [0.25, 0.3) is 99.8 Å². The number of para-hydroxylation sites is 4. The summed E-state index contributed by atoms with van der Waals surface area (Å²) in [6, 6.07) is 83.1. The molecule has 0 radical (unpaired) electrons. The molecule has 0 amide bonds. The fourth-order valence-electron chi connectivity index (χ4n) is 8.71. The quantitative estimate of drug-likeness (QED) is 0.156. The molecule has 0 aliphatic carbocycles. The summed E-state index contributed by atoms with van der Waals surface area (Å²) in [5.41, 5.74) is 15.3. The first-order chi connectivity index (χ1) is 30.8. The van der Waals surface area contributed by atoms with Crippen LogP contribution in [0.1, 0.15) is 0 Å². The number of nitrogens with zero attached hydrogens (tertiary/aromatic N) is 4. The van der Waals surface area contributed by atoms with Crippen molar-refractivity contribution in [3.05, 3.63) is 243 Å². The summed E-state index contributed by atoms with van der Waals surface area (Å²) < 4.78 is 4.69. The maximum Gasteiger partial charge on any atom is 2.00 e. The van der Waals surface area contributed by atoms with Crippen LogP contribution in [0.15, 0.2) is 231 Å². The van der Waals surface area contributed by atoms with Crippen molar-refractivity contribution < 1.29 is 21.1 Å². The third kappa shape index (κ3) is 7.35. The van der Waals surface area contributed by atoms with Crippen molar-refractivity contribution >= 4 is 43.6 Å². The Balaban J connectivity index is 0.000000147. The molecule has 8 aromatic carbocycles. The normalized spacial score (nSPS) is 11.0. The zero-order chi connectivity index (χ0) is 41.2. The smallest absolute Gasteiger partial charge is 0.351 e. The second-order valence-electron chi connectivity index (χ2n) is 15.2.